The molecule has 4 nitrogen and oxygen atoms in total. The Labute approximate surface area is 130 Å². The van der Waals surface area contributed by atoms with Gasteiger partial charge in [0.15, 0.2) is 0 Å². The molecule has 110 valence electrons. The summed E-state index contributed by atoms with van der Waals surface area (Å²) in [5, 5.41) is 12.0. The second kappa shape index (κ2) is 6.72. The van der Waals surface area contributed by atoms with Crippen molar-refractivity contribution in [3.63, 3.8) is 0 Å². The van der Waals surface area contributed by atoms with Crippen LogP contribution >= 0.6 is 27.3 Å². The van der Waals surface area contributed by atoms with E-state index in [0.29, 0.717) is 25.3 Å². The Hall–Kier alpha value is -0.880. The van der Waals surface area contributed by atoms with Crippen LogP contribution in [0.5, 0.6) is 0 Å². The van der Waals surface area contributed by atoms with Gasteiger partial charge in [-0.05, 0) is 53.2 Å². The highest BCUT2D eigenvalue weighted by Crippen LogP contribution is 2.36. The molecule has 2 N–H and O–H groups in total. The average Bonchev–Trinajstić information content (AvgIpc) is 2.95. The minimum absolute atomic E-state index is 0.114. The lowest BCUT2D eigenvalue weighted by Gasteiger charge is -2.15. The van der Waals surface area contributed by atoms with Gasteiger partial charge in [-0.15, -0.1) is 11.3 Å². The van der Waals surface area contributed by atoms with Crippen LogP contribution in [0.1, 0.15) is 24.6 Å². The van der Waals surface area contributed by atoms with E-state index >= 15 is 0 Å². The summed E-state index contributed by atoms with van der Waals surface area (Å²) < 4.78 is 1.08. The number of aliphatic carboxylic acids is 1. The minimum Gasteiger partial charge on any atom is -0.481 e. The van der Waals surface area contributed by atoms with Crippen molar-refractivity contribution in [3.05, 3.63) is 20.8 Å². The van der Waals surface area contributed by atoms with Crippen molar-refractivity contribution in [2.45, 2.75) is 26.2 Å². The van der Waals surface area contributed by atoms with Crippen molar-refractivity contribution in [2.75, 3.05) is 6.54 Å². The predicted octanol–water partition coefficient (Wildman–Crippen LogP) is 2.92. The average molecular weight is 360 g/mol. The van der Waals surface area contributed by atoms with Crippen molar-refractivity contribution >= 4 is 39.1 Å². The maximum atomic E-state index is 12.1. The fourth-order valence-electron chi connectivity index (χ4n) is 2.78. The number of hydrogen-bond donors (Lipinski definition) is 2. The fraction of sp³-hybridized carbons (Fsp3) is 0.571. The van der Waals surface area contributed by atoms with Crippen LogP contribution in [0.15, 0.2) is 15.9 Å². The Morgan fingerprint density at radius 2 is 2.10 bits per heavy atom. The highest BCUT2D eigenvalue weighted by atomic mass is 79.9. The predicted molar refractivity (Wildman–Crippen MR) is 81.7 cm³/mol. The summed E-state index contributed by atoms with van der Waals surface area (Å²) in [5.41, 5.74) is 0. The molecule has 0 radical (unpaired) electrons. The SMILES string of the molecule is CC1C[C@H](C(=O)NCCc2ccc(Br)s2)[C@H](C(=O)O)C1. The molecule has 1 aromatic rings. The second-order valence-corrected chi connectivity index (χ2v) is 7.92. The lowest BCUT2D eigenvalue weighted by molar-refractivity contribution is -0.146. The van der Waals surface area contributed by atoms with Crippen LogP contribution in [0.4, 0.5) is 0 Å². The summed E-state index contributed by atoms with van der Waals surface area (Å²) in [6, 6.07) is 4.01. The highest BCUT2D eigenvalue weighted by molar-refractivity contribution is 9.11. The van der Waals surface area contributed by atoms with Crippen LogP contribution in [0.2, 0.25) is 0 Å². The normalized spacial score (nSPS) is 25.6. The summed E-state index contributed by atoms with van der Waals surface area (Å²) in [6.07, 6.45) is 2.06. The van der Waals surface area contributed by atoms with Crippen molar-refractivity contribution in [1.29, 1.82) is 0 Å². The molecule has 6 heteroatoms. The standard InChI is InChI=1S/C14H18BrNO3S/c1-8-6-10(11(7-8)14(18)19)13(17)16-5-4-9-2-3-12(15)20-9/h2-3,8,10-11H,4-7H2,1H3,(H,16,17)(H,18,19)/t8?,10-,11+/m0/s1. The van der Waals surface area contributed by atoms with E-state index in [2.05, 4.69) is 21.2 Å². The molecular formula is C14H18BrNO3S. The molecule has 1 fully saturated rings. The van der Waals surface area contributed by atoms with Gasteiger partial charge in [0.25, 0.3) is 0 Å². The zero-order valence-corrected chi connectivity index (χ0v) is 13.7. The van der Waals surface area contributed by atoms with E-state index in [4.69, 9.17) is 0 Å². The van der Waals surface area contributed by atoms with Crippen LogP contribution in [0, 0.1) is 17.8 Å². The molecule has 1 saturated carbocycles. The van der Waals surface area contributed by atoms with Crippen molar-refractivity contribution in [2.24, 2.45) is 17.8 Å². The van der Waals surface area contributed by atoms with Gasteiger partial charge in [0, 0.05) is 11.4 Å². The number of nitrogens with one attached hydrogen (secondary N) is 1. The third-order valence-electron chi connectivity index (χ3n) is 3.75. The molecule has 0 saturated heterocycles. The van der Waals surface area contributed by atoms with Crippen molar-refractivity contribution in [3.8, 4) is 0 Å². The van der Waals surface area contributed by atoms with Gasteiger partial charge in [-0.2, -0.15) is 0 Å². The van der Waals surface area contributed by atoms with E-state index in [1.807, 2.05) is 19.1 Å². The number of carbonyl (C=O) groups excluding carboxylic acids is 1. The number of thiophene rings is 1. The molecule has 0 bridgehead atoms. The molecule has 1 aliphatic carbocycles. The number of carboxylic acids is 1. The lowest BCUT2D eigenvalue weighted by atomic mass is 9.95. The van der Waals surface area contributed by atoms with E-state index in [9.17, 15) is 14.7 Å². The third-order valence-corrected chi connectivity index (χ3v) is 5.44. The molecule has 1 aromatic heterocycles. The zero-order valence-electron chi connectivity index (χ0n) is 11.3. The third kappa shape index (κ3) is 3.82. The smallest absolute Gasteiger partial charge is 0.307 e. The van der Waals surface area contributed by atoms with E-state index in [1.54, 1.807) is 11.3 Å². The van der Waals surface area contributed by atoms with Crippen LogP contribution < -0.4 is 5.32 Å². The molecule has 1 unspecified atom stereocenters. The maximum absolute atomic E-state index is 12.1. The number of rotatable bonds is 5. The van der Waals surface area contributed by atoms with Crippen LogP contribution in [-0.2, 0) is 16.0 Å². The van der Waals surface area contributed by atoms with Crippen LogP contribution in [0.25, 0.3) is 0 Å². The zero-order chi connectivity index (χ0) is 14.7. The molecule has 1 heterocycles. The Balaban J connectivity index is 1.83. The summed E-state index contributed by atoms with van der Waals surface area (Å²) in [5.74, 6) is -1.56. The first-order chi connectivity index (χ1) is 9.47. The summed E-state index contributed by atoms with van der Waals surface area (Å²) in [4.78, 5) is 24.5. The van der Waals surface area contributed by atoms with Gasteiger partial charge in [0.1, 0.15) is 0 Å². The topological polar surface area (TPSA) is 66.4 Å². The number of amides is 1. The Morgan fingerprint density at radius 3 is 2.70 bits per heavy atom. The largest absolute Gasteiger partial charge is 0.481 e. The van der Waals surface area contributed by atoms with Crippen molar-refractivity contribution in [1.82, 2.24) is 5.32 Å². The molecule has 0 spiro atoms. The quantitative estimate of drug-likeness (QED) is 0.849. The molecule has 1 amide bonds. The van der Waals surface area contributed by atoms with Crippen LogP contribution in [0.3, 0.4) is 0 Å². The summed E-state index contributed by atoms with van der Waals surface area (Å²) in [7, 11) is 0. The molecule has 3 atom stereocenters. The first kappa shape index (κ1) is 15.5. The first-order valence-electron chi connectivity index (χ1n) is 6.72. The molecule has 1 aliphatic rings. The lowest BCUT2D eigenvalue weighted by Crippen LogP contribution is -2.36. The summed E-state index contributed by atoms with van der Waals surface area (Å²) >= 11 is 5.05. The van der Waals surface area contributed by atoms with E-state index in [0.717, 1.165) is 10.2 Å². The fourth-order valence-corrected chi connectivity index (χ4v) is 4.26. The first-order valence-corrected chi connectivity index (χ1v) is 8.33. The van der Waals surface area contributed by atoms with Gasteiger partial charge in [0.05, 0.1) is 15.6 Å². The molecule has 0 aromatic carbocycles. The Kier molecular flexibility index (Phi) is 5.21. The van der Waals surface area contributed by atoms with Gasteiger partial charge < -0.3 is 10.4 Å². The van der Waals surface area contributed by atoms with Gasteiger partial charge in [-0.25, -0.2) is 0 Å². The number of carboxylic acid groups (broad SMARTS) is 1. The van der Waals surface area contributed by atoms with Gasteiger partial charge in [-0.3, -0.25) is 9.59 Å². The molecule has 2 rings (SSSR count). The number of carbonyl (C=O) groups is 2. The number of hydrogen-bond acceptors (Lipinski definition) is 3. The minimum atomic E-state index is -0.850. The van der Waals surface area contributed by atoms with Gasteiger partial charge >= 0.3 is 5.97 Å². The molecular weight excluding hydrogens is 342 g/mol. The summed E-state index contributed by atoms with van der Waals surface area (Å²) in [6.45, 7) is 2.56. The van der Waals surface area contributed by atoms with Gasteiger partial charge in [-0.1, -0.05) is 6.92 Å². The highest BCUT2D eigenvalue weighted by Gasteiger charge is 2.40. The van der Waals surface area contributed by atoms with E-state index < -0.39 is 11.9 Å². The van der Waals surface area contributed by atoms with Crippen molar-refractivity contribution < 1.29 is 14.7 Å². The monoisotopic (exact) mass is 359 g/mol. The van der Waals surface area contributed by atoms with E-state index in [-0.39, 0.29) is 11.8 Å². The van der Waals surface area contributed by atoms with E-state index in [1.165, 1.54) is 4.88 Å². The second-order valence-electron chi connectivity index (χ2n) is 5.37. The Morgan fingerprint density at radius 1 is 1.40 bits per heavy atom. The van der Waals surface area contributed by atoms with Gasteiger partial charge in [0.2, 0.25) is 5.91 Å². The molecule has 20 heavy (non-hydrogen) atoms. The molecule has 0 aliphatic heterocycles. The van der Waals surface area contributed by atoms with Crippen LogP contribution in [-0.4, -0.2) is 23.5 Å². The number of halogens is 1. The Bertz CT molecular complexity index is 502. The maximum Gasteiger partial charge on any atom is 0.307 e.